The van der Waals surface area contributed by atoms with Crippen LogP contribution in [0.25, 0.3) is 10.3 Å². The zero-order valence-electron chi connectivity index (χ0n) is 19.9. The molecular weight excluding hydrogens is 506 g/mol. The Balaban J connectivity index is 1.58. The van der Waals surface area contributed by atoms with Crippen LogP contribution in [0.1, 0.15) is 18.4 Å². The maximum Gasteiger partial charge on any atom is 0.280 e. The second-order valence-corrected chi connectivity index (χ2v) is 11.0. The number of thiazole rings is 1. The molecule has 1 amide bonds. The van der Waals surface area contributed by atoms with Crippen LogP contribution in [0.15, 0.2) is 46.6 Å². The lowest BCUT2D eigenvalue weighted by atomic mass is 10.1. The van der Waals surface area contributed by atoms with Crippen LogP contribution in [-0.4, -0.2) is 75.8 Å². The fraction of sp³-hybridized carbons (Fsp3) is 0.391. The number of nitrogens with one attached hydrogen (secondary N) is 2. The van der Waals surface area contributed by atoms with Gasteiger partial charge in [0.25, 0.3) is 5.91 Å². The summed E-state index contributed by atoms with van der Waals surface area (Å²) in [4.78, 5) is 28.4. The topological polar surface area (TPSA) is 141 Å². The highest BCUT2D eigenvalue weighted by Crippen LogP contribution is 2.29. The van der Waals surface area contributed by atoms with Crippen molar-refractivity contribution < 1.29 is 27.5 Å². The van der Waals surface area contributed by atoms with Crippen molar-refractivity contribution in [1.29, 1.82) is 0 Å². The molecule has 3 aromatic rings. The lowest BCUT2D eigenvalue weighted by molar-refractivity contribution is -0.110. The quantitative estimate of drug-likeness (QED) is 0.216. The smallest absolute Gasteiger partial charge is 0.280 e. The SMILES string of the molecule is CNc1ccnc2sc(NC(=O)C(=NO[C@@H]3CCOC3)c3ccc(S(=O)(=O)CCCOC)cc3)nc12. The van der Waals surface area contributed by atoms with Crippen LogP contribution in [0.4, 0.5) is 10.8 Å². The molecule has 192 valence electrons. The molecule has 36 heavy (non-hydrogen) atoms. The number of fused-ring (bicyclic) bond motifs is 1. The third kappa shape index (κ3) is 6.16. The number of amides is 1. The van der Waals surface area contributed by atoms with Crippen molar-refractivity contribution in [1.82, 2.24) is 9.97 Å². The van der Waals surface area contributed by atoms with E-state index in [2.05, 4.69) is 25.8 Å². The Kier molecular flexibility index (Phi) is 8.46. The van der Waals surface area contributed by atoms with Crippen molar-refractivity contribution in [3.8, 4) is 0 Å². The van der Waals surface area contributed by atoms with Gasteiger partial charge in [-0.3, -0.25) is 10.1 Å². The third-order valence-corrected chi connectivity index (χ3v) is 8.13. The normalized spacial score (nSPS) is 16.3. The number of anilines is 2. The number of oxime groups is 1. The molecule has 0 unspecified atom stereocenters. The van der Waals surface area contributed by atoms with Crippen molar-refractivity contribution in [3.05, 3.63) is 42.1 Å². The minimum absolute atomic E-state index is 0.00807. The number of benzene rings is 1. The van der Waals surface area contributed by atoms with Crippen LogP contribution in [0.3, 0.4) is 0 Å². The minimum Gasteiger partial charge on any atom is -0.389 e. The van der Waals surface area contributed by atoms with Crippen LogP contribution >= 0.6 is 11.3 Å². The van der Waals surface area contributed by atoms with E-state index in [1.165, 1.54) is 42.7 Å². The van der Waals surface area contributed by atoms with Gasteiger partial charge in [0.05, 0.1) is 29.5 Å². The van der Waals surface area contributed by atoms with Crippen molar-refractivity contribution in [2.75, 3.05) is 50.4 Å². The summed E-state index contributed by atoms with van der Waals surface area (Å²) in [5.41, 5.74) is 1.82. The molecule has 11 nitrogen and oxygen atoms in total. The molecule has 1 aliphatic rings. The van der Waals surface area contributed by atoms with Crippen LogP contribution < -0.4 is 10.6 Å². The first-order valence-corrected chi connectivity index (χ1v) is 13.8. The summed E-state index contributed by atoms with van der Waals surface area (Å²) in [6.45, 7) is 1.30. The number of aromatic nitrogens is 2. The summed E-state index contributed by atoms with van der Waals surface area (Å²) in [6.07, 6.45) is 2.44. The van der Waals surface area contributed by atoms with Gasteiger partial charge in [-0.2, -0.15) is 0 Å². The number of hydrogen-bond acceptors (Lipinski definition) is 11. The monoisotopic (exact) mass is 533 g/mol. The molecule has 13 heteroatoms. The Morgan fingerprint density at radius 2 is 2.08 bits per heavy atom. The largest absolute Gasteiger partial charge is 0.389 e. The molecule has 0 bridgehead atoms. The Morgan fingerprint density at radius 1 is 1.28 bits per heavy atom. The summed E-state index contributed by atoms with van der Waals surface area (Å²) in [7, 11) is -0.174. The molecule has 1 aliphatic heterocycles. The summed E-state index contributed by atoms with van der Waals surface area (Å²) in [6, 6.07) is 7.78. The van der Waals surface area contributed by atoms with Gasteiger partial charge in [-0.15, -0.1) is 0 Å². The number of hydrogen-bond donors (Lipinski definition) is 2. The lowest BCUT2D eigenvalue weighted by Crippen LogP contribution is -2.25. The number of ether oxygens (including phenoxy) is 2. The molecule has 1 fully saturated rings. The molecule has 2 N–H and O–H groups in total. The Morgan fingerprint density at radius 3 is 2.78 bits per heavy atom. The molecule has 2 aromatic heterocycles. The molecule has 0 aliphatic carbocycles. The average molecular weight is 534 g/mol. The van der Waals surface area contributed by atoms with Crippen LogP contribution in [0.2, 0.25) is 0 Å². The molecule has 1 saturated heterocycles. The Bertz CT molecular complexity index is 1330. The third-order valence-electron chi connectivity index (χ3n) is 5.43. The number of nitrogens with zero attached hydrogens (tertiary/aromatic N) is 3. The summed E-state index contributed by atoms with van der Waals surface area (Å²) in [5.74, 6) is -0.582. The second-order valence-electron chi connectivity index (χ2n) is 7.96. The first-order valence-electron chi connectivity index (χ1n) is 11.3. The molecule has 1 atom stereocenters. The zero-order chi connectivity index (χ0) is 25.5. The highest BCUT2D eigenvalue weighted by atomic mass is 32.2. The summed E-state index contributed by atoms with van der Waals surface area (Å²) >= 11 is 1.23. The first-order chi connectivity index (χ1) is 17.4. The molecule has 3 heterocycles. The van der Waals surface area contributed by atoms with Crippen LogP contribution in [-0.2, 0) is 28.9 Å². The average Bonchev–Trinajstić information content (AvgIpc) is 3.54. The Hall–Kier alpha value is -3.13. The highest BCUT2D eigenvalue weighted by Gasteiger charge is 2.22. The molecule has 0 radical (unpaired) electrons. The predicted octanol–water partition coefficient (Wildman–Crippen LogP) is 2.69. The van der Waals surface area contributed by atoms with Gasteiger partial charge in [-0.25, -0.2) is 18.4 Å². The van der Waals surface area contributed by atoms with E-state index in [-0.39, 0.29) is 22.5 Å². The maximum atomic E-state index is 13.3. The van der Waals surface area contributed by atoms with Gasteiger partial charge in [0.1, 0.15) is 10.3 Å². The van der Waals surface area contributed by atoms with E-state index in [9.17, 15) is 13.2 Å². The van der Waals surface area contributed by atoms with Crippen LogP contribution in [0, 0.1) is 0 Å². The Labute approximate surface area is 212 Å². The van der Waals surface area contributed by atoms with Gasteiger partial charge in [0.2, 0.25) is 0 Å². The zero-order valence-corrected chi connectivity index (χ0v) is 21.5. The van der Waals surface area contributed by atoms with E-state index in [0.717, 1.165) is 5.69 Å². The van der Waals surface area contributed by atoms with Gasteiger partial charge < -0.3 is 19.6 Å². The molecule has 0 saturated carbocycles. The molecular formula is C23H27N5O6S2. The fourth-order valence-corrected chi connectivity index (χ4v) is 5.64. The summed E-state index contributed by atoms with van der Waals surface area (Å²) in [5, 5.41) is 10.3. The standard InChI is InChI=1S/C23H27N5O6S2/c1-24-18-8-10-25-22-20(18)26-23(35-22)27-21(29)19(28-34-16-9-12-33-14-16)15-4-6-17(7-5-15)36(30,31)13-3-11-32-2/h4-8,10,16H,3,9,11-14H2,1-2H3,(H,24,25)(H,26,27,29)/t16-/m1/s1. The number of sulfone groups is 1. The van der Waals surface area contributed by atoms with Gasteiger partial charge >= 0.3 is 0 Å². The predicted molar refractivity (Wildman–Crippen MR) is 137 cm³/mol. The van der Waals surface area contributed by atoms with E-state index >= 15 is 0 Å². The minimum atomic E-state index is -3.48. The first kappa shape index (κ1) is 25.9. The van der Waals surface area contributed by atoms with Gasteiger partial charge in [0, 0.05) is 38.9 Å². The van der Waals surface area contributed by atoms with Crippen molar-refractivity contribution in [2.45, 2.75) is 23.8 Å². The van der Waals surface area contributed by atoms with Crippen molar-refractivity contribution >= 4 is 54.0 Å². The van der Waals surface area contributed by atoms with E-state index < -0.39 is 15.7 Å². The molecule has 0 spiro atoms. The molecule has 4 rings (SSSR count). The van der Waals surface area contributed by atoms with E-state index in [1.807, 2.05) is 0 Å². The lowest BCUT2D eigenvalue weighted by Gasteiger charge is -2.10. The summed E-state index contributed by atoms with van der Waals surface area (Å²) < 4.78 is 35.4. The number of carbonyl (C=O) groups is 1. The van der Waals surface area contributed by atoms with E-state index in [1.54, 1.807) is 19.3 Å². The maximum absolute atomic E-state index is 13.3. The fourth-order valence-electron chi connectivity index (χ4n) is 3.52. The highest BCUT2D eigenvalue weighted by molar-refractivity contribution is 7.91. The van der Waals surface area contributed by atoms with Gasteiger partial charge in [-0.05, 0) is 24.6 Å². The number of pyridine rings is 1. The van der Waals surface area contributed by atoms with Crippen LogP contribution in [0.5, 0.6) is 0 Å². The van der Waals surface area contributed by atoms with E-state index in [0.29, 0.717) is 53.7 Å². The van der Waals surface area contributed by atoms with Crippen molar-refractivity contribution in [2.24, 2.45) is 5.16 Å². The second kappa shape index (κ2) is 11.7. The van der Waals surface area contributed by atoms with E-state index in [4.69, 9.17) is 14.3 Å². The number of rotatable bonds is 11. The van der Waals surface area contributed by atoms with Crippen molar-refractivity contribution in [3.63, 3.8) is 0 Å². The number of methoxy groups -OCH3 is 1. The van der Waals surface area contributed by atoms with Gasteiger partial charge in [0.15, 0.2) is 26.8 Å². The molecule has 1 aromatic carbocycles. The number of carbonyl (C=O) groups excluding carboxylic acids is 1. The van der Waals surface area contributed by atoms with Gasteiger partial charge in [-0.1, -0.05) is 28.6 Å².